The summed E-state index contributed by atoms with van der Waals surface area (Å²) in [5.74, 6) is 0.731. The predicted octanol–water partition coefficient (Wildman–Crippen LogP) is 2.24. The van der Waals surface area contributed by atoms with Crippen molar-refractivity contribution >= 4 is 0 Å². The summed E-state index contributed by atoms with van der Waals surface area (Å²) in [5, 5.41) is 0. The predicted molar refractivity (Wildman–Crippen MR) is 52.6 cm³/mol. The zero-order chi connectivity index (χ0) is 10.1. The smallest absolute Gasteiger partial charge is 0.131 e. The highest BCUT2D eigenvalue weighted by atomic mass is 19.1. The van der Waals surface area contributed by atoms with Crippen LogP contribution < -0.4 is 10.5 Å². The van der Waals surface area contributed by atoms with Gasteiger partial charge < -0.3 is 10.5 Å². The van der Waals surface area contributed by atoms with Crippen molar-refractivity contribution in [3.63, 3.8) is 0 Å². The van der Waals surface area contributed by atoms with E-state index >= 15 is 0 Å². The summed E-state index contributed by atoms with van der Waals surface area (Å²) < 4.78 is 18.6. The molecular formula is C11H14FNO. The zero-order valence-corrected chi connectivity index (χ0v) is 8.16. The van der Waals surface area contributed by atoms with E-state index in [9.17, 15) is 4.39 Å². The van der Waals surface area contributed by atoms with Gasteiger partial charge in [-0.2, -0.15) is 0 Å². The van der Waals surface area contributed by atoms with Crippen LogP contribution in [0.25, 0.3) is 0 Å². The summed E-state index contributed by atoms with van der Waals surface area (Å²) in [5.41, 5.74) is 6.48. The molecule has 0 heterocycles. The van der Waals surface area contributed by atoms with Gasteiger partial charge in [-0.3, -0.25) is 0 Å². The number of hydrogen-bond acceptors (Lipinski definition) is 2. The highest BCUT2D eigenvalue weighted by molar-refractivity contribution is 5.37. The number of hydrogen-bond donors (Lipinski definition) is 1. The van der Waals surface area contributed by atoms with Crippen molar-refractivity contribution in [1.82, 2.24) is 0 Å². The van der Waals surface area contributed by atoms with E-state index in [1.165, 1.54) is 13.2 Å². The molecule has 0 saturated heterocycles. The third-order valence-electron chi connectivity index (χ3n) is 2.70. The van der Waals surface area contributed by atoms with Gasteiger partial charge in [0.1, 0.15) is 11.6 Å². The largest absolute Gasteiger partial charge is 0.496 e. The molecule has 3 heteroatoms. The molecule has 0 unspecified atom stereocenters. The second kappa shape index (κ2) is 3.58. The number of ether oxygens (including phenoxy) is 1. The lowest BCUT2D eigenvalue weighted by molar-refractivity contribution is 0.395. The van der Waals surface area contributed by atoms with Gasteiger partial charge in [0.15, 0.2) is 0 Å². The second-order valence-electron chi connectivity index (χ2n) is 3.72. The van der Waals surface area contributed by atoms with Gasteiger partial charge in [0, 0.05) is 11.6 Å². The molecule has 0 aliphatic heterocycles. The average Bonchev–Trinajstić information content (AvgIpc) is 2.99. The maximum atomic E-state index is 13.5. The molecule has 2 nitrogen and oxygen atoms in total. The highest BCUT2D eigenvalue weighted by Gasteiger charge is 2.32. The van der Waals surface area contributed by atoms with Crippen molar-refractivity contribution in [3.8, 4) is 5.75 Å². The summed E-state index contributed by atoms with van der Waals surface area (Å²) in [6.45, 7) is 0. The van der Waals surface area contributed by atoms with Crippen LogP contribution in [0.1, 0.15) is 24.4 Å². The molecule has 2 rings (SSSR count). The maximum absolute atomic E-state index is 13.5. The van der Waals surface area contributed by atoms with Gasteiger partial charge in [-0.15, -0.1) is 0 Å². The summed E-state index contributed by atoms with van der Waals surface area (Å²) in [6, 6.07) is 4.60. The van der Waals surface area contributed by atoms with Gasteiger partial charge in [-0.1, -0.05) is 6.07 Å². The van der Waals surface area contributed by atoms with Crippen molar-refractivity contribution < 1.29 is 9.13 Å². The summed E-state index contributed by atoms with van der Waals surface area (Å²) in [6.07, 6.45) is 2.19. The van der Waals surface area contributed by atoms with Crippen LogP contribution in [0.2, 0.25) is 0 Å². The molecule has 0 spiro atoms. The van der Waals surface area contributed by atoms with Gasteiger partial charge in [0.25, 0.3) is 0 Å². The Morgan fingerprint density at radius 3 is 2.79 bits per heavy atom. The first kappa shape index (κ1) is 9.46. The first-order valence-electron chi connectivity index (χ1n) is 4.82. The number of methoxy groups -OCH3 is 1. The van der Waals surface area contributed by atoms with Gasteiger partial charge in [0.2, 0.25) is 0 Å². The first-order valence-corrected chi connectivity index (χ1v) is 4.82. The van der Waals surface area contributed by atoms with Crippen LogP contribution in [-0.4, -0.2) is 7.11 Å². The van der Waals surface area contributed by atoms with Crippen molar-refractivity contribution in [2.24, 2.45) is 11.7 Å². The Balaban J connectivity index is 2.37. The minimum Gasteiger partial charge on any atom is -0.496 e. The minimum absolute atomic E-state index is 0.217. The number of nitrogens with two attached hydrogens (primary N) is 1. The van der Waals surface area contributed by atoms with Crippen LogP contribution in [0.15, 0.2) is 18.2 Å². The van der Waals surface area contributed by atoms with Crippen molar-refractivity contribution in [3.05, 3.63) is 29.6 Å². The van der Waals surface area contributed by atoms with Gasteiger partial charge in [-0.05, 0) is 30.9 Å². The molecular weight excluding hydrogens is 181 g/mol. The molecule has 14 heavy (non-hydrogen) atoms. The molecule has 1 aromatic rings. The fourth-order valence-electron chi connectivity index (χ4n) is 1.71. The quantitative estimate of drug-likeness (QED) is 0.802. The SMILES string of the molecule is COc1cccc(F)c1[C@@H](N)C1CC1. The third-order valence-corrected chi connectivity index (χ3v) is 2.70. The van der Waals surface area contributed by atoms with E-state index in [2.05, 4.69) is 0 Å². The van der Waals surface area contributed by atoms with E-state index in [1.54, 1.807) is 12.1 Å². The number of rotatable bonds is 3. The van der Waals surface area contributed by atoms with E-state index < -0.39 is 0 Å². The number of halogens is 1. The van der Waals surface area contributed by atoms with E-state index in [4.69, 9.17) is 10.5 Å². The van der Waals surface area contributed by atoms with Crippen molar-refractivity contribution in [2.45, 2.75) is 18.9 Å². The molecule has 0 aromatic heterocycles. The molecule has 0 radical (unpaired) electrons. The summed E-state index contributed by atoms with van der Waals surface area (Å²) in [7, 11) is 1.54. The standard InChI is InChI=1S/C11H14FNO/c1-14-9-4-2-3-8(12)10(9)11(13)7-5-6-7/h2-4,7,11H,5-6,13H2,1H3/t11-/m0/s1. The lowest BCUT2D eigenvalue weighted by Gasteiger charge is -2.15. The van der Waals surface area contributed by atoms with Crippen LogP contribution in [-0.2, 0) is 0 Å². The molecule has 1 fully saturated rings. The second-order valence-corrected chi connectivity index (χ2v) is 3.72. The van der Waals surface area contributed by atoms with E-state index in [1.807, 2.05) is 0 Å². The first-order chi connectivity index (χ1) is 6.74. The third kappa shape index (κ3) is 1.60. The lowest BCUT2D eigenvalue weighted by atomic mass is 10.0. The molecule has 1 atom stereocenters. The van der Waals surface area contributed by atoms with Gasteiger partial charge >= 0.3 is 0 Å². The Morgan fingerprint density at radius 2 is 2.21 bits per heavy atom. The topological polar surface area (TPSA) is 35.2 Å². The van der Waals surface area contributed by atoms with Crippen molar-refractivity contribution in [2.75, 3.05) is 7.11 Å². The number of benzene rings is 1. The van der Waals surface area contributed by atoms with Crippen LogP contribution in [0, 0.1) is 11.7 Å². The Labute approximate surface area is 82.9 Å². The molecule has 1 aromatic carbocycles. The molecule has 0 amide bonds. The van der Waals surface area contributed by atoms with Crippen LogP contribution in [0.4, 0.5) is 4.39 Å². The maximum Gasteiger partial charge on any atom is 0.131 e. The van der Waals surface area contributed by atoms with E-state index in [0.717, 1.165) is 12.8 Å². The molecule has 2 N–H and O–H groups in total. The normalized spacial score (nSPS) is 17.9. The average molecular weight is 195 g/mol. The van der Waals surface area contributed by atoms with Crippen LogP contribution >= 0.6 is 0 Å². The highest BCUT2D eigenvalue weighted by Crippen LogP contribution is 2.42. The fourth-order valence-corrected chi connectivity index (χ4v) is 1.71. The minimum atomic E-state index is -0.260. The Bertz CT molecular complexity index is 336. The van der Waals surface area contributed by atoms with E-state index in [-0.39, 0.29) is 11.9 Å². The van der Waals surface area contributed by atoms with Crippen molar-refractivity contribution in [1.29, 1.82) is 0 Å². The molecule has 1 saturated carbocycles. The van der Waals surface area contributed by atoms with Gasteiger partial charge in [-0.25, -0.2) is 4.39 Å². The molecule has 0 bridgehead atoms. The summed E-state index contributed by atoms with van der Waals surface area (Å²) >= 11 is 0. The molecule has 1 aliphatic carbocycles. The molecule has 76 valence electrons. The molecule has 1 aliphatic rings. The van der Waals surface area contributed by atoms with Crippen LogP contribution in [0.3, 0.4) is 0 Å². The van der Waals surface area contributed by atoms with E-state index in [0.29, 0.717) is 17.2 Å². The monoisotopic (exact) mass is 195 g/mol. The van der Waals surface area contributed by atoms with Crippen LogP contribution in [0.5, 0.6) is 5.75 Å². The Morgan fingerprint density at radius 1 is 1.50 bits per heavy atom. The lowest BCUT2D eigenvalue weighted by Crippen LogP contribution is -2.15. The van der Waals surface area contributed by atoms with Gasteiger partial charge in [0.05, 0.1) is 7.11 Å². The Hall–Kier alpha value is -1.09. The Kier molecular flexibility index (Phi) is 2.42. The fraction of sp³-hybridized carbons (Fsp3) is 0.455. The zero-order valence-electron chi connectivity index (χ0n) is 8.16. The summed E-state index contributed by atoms with van der Waals surface area (Å²) in [4.78, 5) is 0.